The van der Waals surface area contributed by atoms with Gasteiger partial charge in [-0.25, -0.2) is 0 Å². The number of rotatable bonds is 7. The fourth-order valence-electron chi connectivity index (χ4n) is 2.66. The Bertz CT molecular complexity index is 962. The van der Waals surface area contributed by atoms with Crippen LogP contribution in [0.4, 0.5) is 11.9 Å². The van der Waals surface area contributed by atoms with Crippen LogP contribution in [0.25, 0.3) is 0 Å². The van der Waals surface area contributed by atoms with Crippen molar-refractivity contribution in [3.05, 3.63) is 77.6 Å². The number of carbonyl (C=O) groups excluding carboxylic acids is 2. The van der Waals surface area contributed by atoms with Gasteiger partial charge >= 0.3 is 5.97 Å². The van der Waals surface area contributed by atoms with E-state index >= 15 is 0 Å². The normalized spacial score (nSPS) is 11.4. The lowest BCUT2D eigenvalue weighted by molar-refractivity contribution is -0.145. The van der Waals surface area contributed by atoms with Gasteiger partial charge in [-0.1, -0.05) is 48.5 Å². The molecule has 5 N–H and O–H groups in total. The minimum atomic E-state index is -0.565. The molecule has 29 heavy (non-hydrogen) atoms. The van der Waals surface area contributed by atoms with E-state index in [1.807, 2.05) is 36.4 Å². The van der Waals surface area contributed by atoms with E-state index < -0.39 is 12.0 Å². The molecule has 0 aliphatic heterocycles. The van der Waals surface area contributed by atoms with Crippen molar-refractivity contribution >= 4 is 23.8 Å². The Hall–Kier alpha value is -4.01. The molecule has 0 fully saturated rings. The van der Waals surface area contributed by atoms with Crippen LogP contribution in [-0.2, 0) is 16.1 Å². The van der Waals surface area contributed by atoms with Gasteiger partial charge in [-0.05, 0) is 17.7 Å². The number of aromatic nitrogens is 3. The Kier molecular flexibility index (Phi) is 6.31. The molecule has 3 aromatic rings. The lowest BCUT2D eigenvalue weighted by atomic mass is 10.0. The quantitative estimate of drug-likeness (QED) is 0.514. The number of anilines is 2. The van der Waals surface area contributed by atoms with E-state index in [2.05, 4.69) is 20.3 Å². The molecule has 0 spiro atoms. The van der Waals surface area contributed by atoms with Gasteiger partial charge in [0.2, 0.25) is 11.9 Å². The van der Waals surface area contributed by atoms with Crippen LogP contribution in [-0.4, -0.2) is 26.8 Å². The van der Waals surface area contributed by atoms with Gasteiger partial charge in [0, 0.05) is 5.56 Å². The van der Waals surface area contributed by atoms with Gasteiger partial charge < -0.3 is 21.5 Å². The summed E-state index contributed by atoms with van der Waals surface area (Å²) < 4.78 is 5.22. The van der Waals surface area contributed by atoms with E-state index in [1.54, 1.807) is 24.3 Å². The average molecular weight is 392 g/mol. The third-order valence-corrected chi connectivity index (χ3v) is 3.99. The maximum atomic E-state index is 12.5. The molecule has 2 aromatic carbocycles. The van der Waals surface area contributed by atoms with Crippen molar-refractivity contribution in [1.82, 2.24) is 20.3 Å². The lowest BCUT2D eigenvalue weighted by Gasteiger charge is -2.18. The number of carbonyl (C=O) groups is 2. The predicted molar refractivity (Wildman–Crippen MR) is 106 cm³/mol. The standard InChI is InChI=1S/C20H20N6O3/c21-19-24-16(25-20(22)26-19)12-29-17(27)11-15(13-7-3-1-4-8-13)23-18(28)14-9-5-2-6-10-14/h1-10,15H,11-12H2,(H,23,28)(H4,21,22,24,25,26)/t15-/m0/s1. The van der Waals surface area contributed by atoms with E-state index in [4.69, 9.17) is 16.2 Å². The number of nitrogens with two attached hydrogens (primary N) is 2. The SMILES string of the molecule is Nc1nc(N)nc(COC(=O)C[C@H](NC(=O)c2ccccc2)c2ccccc2)n1. The number of nitrogens with zero attached hydrogens (tertiary/aromatic N) is 3. The third-order valence-electron chi connectivity index (χ3n) is 3.99. The molecular formula is C20H20N6O3. The Morgan fingerprint density at radius 1 is 0.897 bits per heavy atom. The predicted octanol–water partition coefficient (Wildman–Crippen LogP) is 1.64. The van der Waals surface area contributed by atoms with Crippen molar-refractivity contribution in [2.75, 3.05) is 11.5 Å². The number of ether oxygens (including phenoxy) is 1. The highest BCUT2D eigenvalue weighted by atomic mass is 16.5. The summed E-state index contributed by atoms with van der Waals surface area (Å²) in [6, 6.07) is 17.4. The fourth-order valence-corrected chi connectivity index (χ4v) is 2.66. The van der Waals surface area contributed by atoms with Gasteiger partial charge in [0.15, 0.2) is 12.4 Å². The minimum Gasteiger partial charge on any atom is -0.457 e. The van der Waals surface area contributed by atoms with Gasteiger partial charge in [0.25, 0.3) is 5.91 Å². The maximum Gasteiger partial charge on any atom is 0.308 e. The Labute approximate surface area is 167 Å². The molecule has 0 saturated heterocycles. The van der Waals surface area contributed by atoms with Crippen LogP contribution >= 0.6 is 0 Å². The number of esters is 1. The Balaban J connectivity index is 1.67. The average Bonchev–Trinajstić information content (AvgIpc) is 2.72. The second kappa shape index (κ2) is 9.27. The number of nitrogen functional groups attached to an aromatic ring is 2. The summed E-state index contributed by atoms with van der Waals surface area (Å²) in [5, 5.41) is 2.88. The molecule has 9 nitrogen and oxygen atoms in total. The van der Waals surface area contributed by atoms with Gasteiger partial charge in [-0.15, -0.1) is 0 Å². The second-order valence-corrected chi connectivity index (χ2v) is 6.14. The van der Waals surface area contributed by atoms with Crippen LogP contribution < -0.4 is 16.8 Å². The van der Waals surface area contributed by atoms with Gasteiger partial charge in [-0.3, -0.25) is 9.59 Å². The first-order valence-corrected chi connectivity index (χ1v) is 8.83. The maximum absolute atomic E-state index is 12.5. The molecule has 1 aromatic heterocycles. The van der Waals surface area contributed by atoms with Crippen molar-refractivity contribution in [2.24, 2.45) is 0 Å². The van der Waals surface area contributed by atoms with E-state index in [0.29, 0.717) is 5.56 Å². The summed E-state index contributed by atoms with van der Waals surface area (Å²) in [6.07, 6.45) is -0.0708. The van der Waals surface area contributed by atoms with Crippen LogP contribution in [0.1, 0.15) is 34.2 Å². The van der Waals surface area contributed by atoms with Crippen molar-refractivity contribution < 1.29 is 14.3 Å². The number of amides is 1. The minimum absolute atomic E-state index is 0.0548. The zero-order valence-electron chi connectivity index (χ0n) is 15.5. The first kappa shape index (κ1) is 19.7. The Morgan fingerprint density at radius 3 is 2.10 bits per heavy atom. The van der Waals surface area contributed by atoms with Gasteiger partial charge in [0.05, 0.1) is 12.5 Å². The molecule has 0 aliphatic rings. The molecular weight excluding hydrogens is 372 g/mol. The number of hydrogen-bond donors (Lipinski definition) is 3. The molecule has 0 saturated carbocycles. The van der Waals surface area contributed by atoms with Gasteiger partial charge in [0.1, 0.15) is 0 Å². The smallest absolute Gasteiger partial charge is 0.308 e. The molecule has 1 amide bonds. The molecule has 1 atom stereocenters. The highest BCUT2D eigenvalue weighted by Crippen LogP contribution is 2.18. The molecule has 0 radical (unpaired) electrons. The van der Waals surface area contributed by atoms with Crippen LogP contribution in [0.3, 0.4) is 0 Å². The second-order valence-electron chi connectivity index (χ2n) is 6.14. The summed E-state index contributed by atoms with van der Waals surface area (Å²) in [5.41, 5.74) is 12.3. The van der Waals surface area contributed by atoms with Gasteiger partial charge in [-0.2, -0.15) is 15.0 Å². The number of hydrogen-bond acceptors (Lipinski definition) is 8. The Morgan fingerprint density at radius 2 is 1.48 bits per heavy atom. The summed E-state index contributed by atoms with van der Waals surface area (Å²) in [4.78, 5) is 36.3. The van der Waals surface area contributed by atoms with Crippen LogP contribution in [0, 0.1) is 0 Å². The van der Waals surface area contributed by atoms with Crippen molar-refractivity contribution in [3.63, 3.8) is 0 Å². The van der Waals surface area contributed by atoms with E-state index in [9.17, 15) is 9.59 Å². The zero-order valence-corrected chi connectivity index (χ0v) is 15.5. The van der Waals surface area contributed by atoms with Crippen LogP contribution in [0.15, 0.2) is 60.7 Å². The van der Waals surface area contributed by atoms with Crippen LogP contribution in [0.2, 0.25) is 0 Å². The summed E-state index contributed by atoms with van der Waals surface area (Å²) in [6.45, 7) is -0.204. The molecule has 1 heterocycles. The lowest BCUT2D eigenvalue weighted by Crippen LogP contribution is -2.30. The zero-order chi connectivity index (χ0) is 20.6. The fraction of sp³-hybridized carbons (Fsp3) is 0.150. The van der Waals surface area contributed by atoms with E-state index in [-0.39, 0.29) is 36.7 Å². The monoisotopic (exact) mass is 392 g/mol. The molecule has 3 rings (SSSR count). The molecule has 9 heteroatoms. The summed E-state index contributed by atoms with van der Waals surface area (Å²) >= 11 is 0. The van der Waals surface area contributed by atoms with E-state index in [1.165, 1.54) is 0 Å². The van der Waals surface area contributed by atoms with Crippen molar-refractivity contribution in [3.8, 4) is 0 Å². The first-order chi connectivity index (χ1) is 14.0. The number of benzene rings is 2. The molecule has 148 valence electrons. The van der Waals surface area contributed by atoms with Crippen molar-refractivity contribution in [2.45, 2.75) is 19.1 Å². The summed E-state index contributed by atoms with van der Waals surface area (Å²) in [5.74, 6) is -0.787. The van der Waals surface area contributed by atoms with Crippen LogP contribution in [0.5, 0.6) is 0 Å². The topological polar surface area (TPSA) is 146 Å². The summed E-state index contributed by atoms with van der Waals surface area (Å²) in [7, 11) is 0. The largest absolute Gasteiger partial charge is 0.457 e. The highest BCUT2D eigenvalue weighted by Gasteiger charge is 2.20. The number of nitrogens with one attached hydrogen (secondary N) is 1. The molecule has 0 bridgehead atoms. The molecule has 0 unspecified atom stereocenters. The highest BCUT2D eigenvalue weighted by molar-refractivity contribution is 5.94. The first-order valence-electron chi connectivity index (χ1n) is 8.83. The third kappa shape index (κ3) is 5.73. The van der Waals surface area contributed by atoms with E-state index in [0.717, 1.165) is 5.56 Å². The van der Waals surface area contributed by atoms with Crippen molar-refractivity contribution in [1.29, 1.82) is 0 Å². The molecule has 0 aliphatic carbocycles.